The second kappa shape index (κ2) is 6.40. The third-order valence-electron chi connectivity index (χ3n) is 2.07. The Kier molecular flexibility index (Phi) is 5.93. The van der Waals surface area contributed by atoms with Crippen molar-refractivity contribution in [3.05, 3.63) is 0 Å². The minimum absolute atomic E-state index is 0.125. The highest BCUT2D eigenvalue weighted by Gasteiger charge is 2.17. The molecular weight excluding hydrogens is 196 g/mol. The Morgan fingerprint density at radius 3 is 2.27 bits per heavy atom. The van der Waals surface area contributed by atoms with Gasteiger partial charge in [-0.15, -0.1) is 0 Å². The van der Waals surface area contributed by atoms with Gasteiger partial charge in [0.1, 0.15) is 0 Å². The minimum Gasteiger partial charge on any atom is -0.481 e. The van der Waals surface area contributed by atoms with Gasteiger partial charge < -0.3 is 16.2 Å². The highest BCUT2D eigenvalue weighted by atomic mass is 16.4. The number of carboxylic acids is 1. The van der Waals surface area contributed by atoms with Crippen LogP contribution in [0.3, 0.4) is 0 Å². The van der Waals surface area contributed by atoms with Crippen LogP contribution in [0.4, 0.5) is 0 Å². The lowest BCUT2D eigenvalue weighted by molar-refractivity contribution is -0.141. The molecule has 0 aliphatic rings. The summed E-state index contributed by atoms with van der Waals surface area (Å²) >= 11 is 0. The second-order valence-corrected chi connectivity index (χ2v) is 4.22. The maximum Gasteiger partial charge on any atom is 0.308 e. The van der Waals surface area contributed by atoms with Crippen LogP contribution in [0.1, 0.15) is 27.2 Å². The number of hydrogen-bond donors (Lipinski definition) is 3. The standard InChI is InChI=1S/C10H20N2O3/c1-6(2)4-8(11)9(13)12-5-7(3)10(14)15/h6-8H,4-5,11H2,1-3H3,(H,12,13)(H,14,15)/t7?,8-/m0/s1. The van der Waals surface area contributed by atoms with Gasteiger partial charge in [0.15, 0.2) is 0 Å². The van der Waals surface area contributed by atoms with E-state index < -0.39 is 17.9 Å². The van der Waals surface area contributed by atoms with Crippen LogP contribution in [-0.4, -0.2) is 29.6 Å². The quantitative estimate of drug-likeness (QED) is 0.591. The van der Waals surface area contributed by atoms with Crippen molar-refractivity contribution in [2.24, 2.45) is 17.6 Å². The van der Waals surface area contributed by atoms with Crippen LogP contribution >= 0.6 is 0 Å². The van der Waals surface area contributed by atoms with E-state index in [-0.39, 0.29) is 12.5 Å². The first-order chi connectivity index (χ1) is 6.84. The van der Waals surface area contributed by atoms with Crippen LogP contribution in [-0.2, 0) is 9.59 Å². The maximum atomic E-state index is 11.4. The SMILES string of the molecule is CC(C)C[C@H](N)C(=O)NCC(C)C(=O)O. The fourth-order valence-corrected chi connectivity index (χ4v) is 1.09. The molecular formula is C10H20N2O3. The Balaban J connectivity index is 3.88. The van der Waals surface area contributed by atoms with E-state index in [1.807, 2.05) is 13.8 Å². The Morgan fingerprint density at radius 1 is 1.33 bits per heavy atom. The number of nitrogens with two attached hydrogens (primary N) is 1. The summed E-state index contributed by atoms with van der Waals surface area (Å²) in [6, 6.07) is -0.550. The van der Waals surface area contributed by atoms with Gasteiger partial charge in [-0.3, -0.25) is 9.59 Å². The first kappa shape index (κ1) is 13.9. The molecule has 15 heavy (non-hydrogen) atoms. The molecule has 0 aromatic rings. The molecule has 0 aromatic heterocycles. The molecule has 2 atom stereocenters. The third-order valence-corrected chi connectivity index (χ3v) is 2.07. The summed E-state index contributed by atoms with van der Waals surface area (Å²) in [5.74, 6) is -1.44. The van der Waals surface area contributed by atoms with Crippen molar-refractivity contribution in [1.82, 2.24) is 5.32 Å². The number of carbonyl (C=O) groups is 2. The second-order valence-electron chi connectivity index (χ2n) is 4.22. The molecule has 4 N–H and O–H groups in total. The smallest absolute Gasteiger partial charge is 0.308 e. The molecule has 0 aliphatic heterocycles. The average Bonchev–Trinajstić information content (AvgIpc) is 2.12. The number of aliphatic carboxylic acids is 1. The molecule has 0 aliphatic carbocycles. The van der Waals surface area contributed by atoms with Gasteiger partial charge in [-0.2, -0.15) is 0 Å². The largest absolute Gasteiger partial charge is 0.481 e. The van der Waals surface area contributed by atoms with Crippen molar-refractivity contribution in [1.29, 1.82) is 0 Å². The summed E-state index contributed by atoms with van der Waals surface area (Å²) in [6.45, 7) is 5.62. The molecule has 5 heteroatoms. The molecule has 0 bridgehead atoms. The number of carbonyl (C=O) groups excluding carboxylic acids is 1. The fraction of sp³-hybridized carbons (Fsp3) is 0.800. The number of amides is 1. The summed E-state index contributed by atoms with van der Waals surface area (Å²) in [7, 11) is 0. The van der Waals surface area contributed by atoms with Crippen molar-refractivity contribution in [3.63, 3.8) is 0 Å². The first-order valence-electron chi connectivity index (χ1n) is 5.10. The van der Waals surface area contributed by atoms with Gasteiger partial charge in [-0.05, 0) is 12.3 Å². The van der Waals surface area contributed by atoms with Gasteiger partial charge in [0.25, 0.3) is 0 Å². The lowest BCUT2D eigenvalue weighted by Gasteiger charge is -2.15. The number of rotatable bonds is 6. The summed E-state index contributed by atoms with van der Waals surface area (Å²) in [5, 5.41) is 11.1. The van der Waals surface area contributed by atoms with Crippen molar-refractivity contribution < 1.29 is 14.7 Å². The lowest BCUT2D eigenvalue weighted by atomic mass is 10.0. The molecule has 0 aromatic carbocycles. The van der Waals surface area contributed by atoms with Crippen LogP contribution in [0.2, 0.25) is 0 Å². The predicted octanol–water partition coefficient (Wildman–Crippen LogP) is 0.197. The Labute approximate surface area is 90.0 Å². The maximum absolute atomic E-state index is 11.4. The molecule has 1 unspecified atom stereocenters. The minimum atomic E-state index is -0.923. The Morgan fingerprint density at radius 2 is 1.87 bits per heavy atom. The van der Waals surface area contributed by atoms with Crippen molar-refractivity contribution in [3.8, 4) is 0 Å². The zero-order valence-corrected chi connectivity index (χ0v) is 9.49. The van der Waals surface area contributed by atoms with Crippen LogP contribution in [0.5, 0.6) is 0 Å². The molecule has 0 fully saturated rings. The summed E-state index contributed by atoms with van der Waals surface area (Å²) < 4.78 is 0. The molecule has 5 nitrogen and oxygen atoms in total. The van der Waals surface area contributed by atoms with E-state index in [4.69, 9.17) is 10.8 Å². The molecule has 0 saturated carbocycles. The zero-order chi connectivity index (χ0) is 12.0. The summed E-state index contributed by atoms with van der Waals surface area (Å²) in [4.78, 5) is 21.9. The normalized spacial score (nSPS) is 14.7. The zero-order valence-electron chi connectivity index (χ0n) is 9.49. The topological polar surface area (TPSA) is 92.4 Å². The Hall–Kier alpha value is -1.10. The molecule has 0 saturated heterocycles. The number of carboxylic acid groups (broad SMARTS) is 1. The van der Waals surface area contributed by atoms with E-state index in [0.29, 0.717) is 12.3 Å². The van der Waals surface area contributed by atoms with Crippen LogP contribution in [0.25, 0.3) is 0 Å². The van der Waals surface area contributed by atoms with Crippen molar-refractivity contribution in [2.45, 2.75) is 33.2 Å². The average molecular weight is 216 g/mol. The highest BCUT2D eigenvalue weighted by Crippen LogP contribution is 2.02. The van der Waals surface area contributed by atoms with Gasteiger partial charge in [0.2, 0.25) is 5.91 Å². The number of nitrogens with one attached hydrogen (secondary N) is 1. The Bertz CT molecular complexity index is 229. The monoisotopic (exact) mass is 216 g/mol. The van der Waals surface area contributed by atoms with Gasteiger partial charge in [0.05, 0.1) is 12.0 Å². The molecule has 1 amide bonds. The fourth-order valence-electron chi connectivity index (χ4n) is 1.09. The lowest BCUT2D eigenvalue weighted by Crippen LogP contribution is -2.43. The molecule has 0 rings (SSSR count). The predicted molar refractivity (Wildman–Crippen MR) is 57.2 cm³/mol. The van der Waals surface area contributed by atoms with E-state index in [9.17, 15) is 9.59 Å². The van der Waals surface area contributed by atoms with Crippen molar-refractivity contribution in [2.75, 3.05) is 6.54 Å². The van der Waals surface area contributed by atoms with E-state index in [0.717, 1.165) is 0 Å². The third kappa shape index (κ3) is 6.06. The molecule has 0 spiro atoms. The van der Waals surface area contributed by atoms with Crippen LogP contribution in [0.15, 0.2) is 0 Å². The summed E-state index contributed by atoms with van der Waals surface area (Å²) in [5.41, 5.74) is 5.62. The first-order valence-corrected chi connectivity index (χ1v) is 5.10. The van der Waals surface area contributed by atoms with Gasteiger partial charge >= 0.3 is 5.97 Å². The summed E-state index contributed by atoms with van der Waals surface area (Å²) in [6.07, 6.45) is 0.604. The highest BCUT2D eigenvalue weighted by molar-refractivity contribution is 5.82. The van der Waals surface area contributed by atoms with Crippen LogP contribution in [0, 0.1) is 11.8 Å². The van der Waals surface area contributed by atoms with E-state index >= 15 is 0 Å². The van der Waals surface area contributed by atoms with Gasteiger partial charge in [-0.1, -0.05) is 20.8 Å². The van der Waals surface area contributed by atoms with Crippen molar-refractivity contribution >= 4 is 11.9 Å². The molecule has 0 radical (unpaired) electrons. The molecule has 0 heterocycles. The van der Waals surface area contributed by atoms with E-state index in [1.165, 1.54) is 6.92 Å². The van der Waals surface area contributed by atoms with Gasteiger partial charge in [-0.25, -0.2) is 0 Å². The van der Waals surface area contributed by atoms with Gasteiger partial charge in [0, 0.05) is 6.54 Å². The van der Waals surface area contributed by atoms with E-state index in [2.05, 4.69) is 5.32 Å². The molecule has 88 valence electrons. The number of hydrogen-bond acceptors (Lipinski definition) is 3. The van der Waals surface area contributed by atoms with Crippen LogP contribution < -0.4 is 11.1 Å². The van der Waals surface area contributed by atoms with E-state index in [1.54, 1.807) is 0 Å².